The second-order valence-electron chi connectivity index (χ2n) is 3.56. The monoisotopic (exact) mass is 216 g/mol. The highest BCUT2D eigenvalue weighted by Crippen LogP contribution is 2.19. The smallest absolute Gasteiger partial charge is 0.168 e. The van der Waals surface area contributed by atoms with Crippen molar-refractivity contribution >= 4 is 11.6 Å². The van der Waals surface area contributed by atoms with E-state index in [1.54, 1.807) is 4.68 Å². The number of aromatic nitrogens is 4. The highest BCUT2D eigenvalue weighted by molar-refractivity contribution is 6.20. The molecule has 0 spiro atoms. The molecule has 14 heavy (non-hydrogen) atoms. The maximum Gasteiger partial charge on any atom is 0.168 e. The van der Waals surface area contributed by atoms with Crippen LogP contribution in [-0.4, -0.2) is 33.4 Å². The molecule has 5 nitrogen and oxygen atoms in total. The van der Waals surface area contributed by atoms with Crippen molar-refractivity contribution in [1.29, 1.82) is 0 Å². The molecule has 2 rings (SSSR count). The molecule has 1 aromatic rings. The van der Waals surface area contributed by atoms with Crippen LogP contribution in [0.5, 0.6) is 0 Å². The van der Waals surface area contributed by atoms with Crippen molar-refractivity contribution in [2.24, 2.45) is 5.92 Å². The normalized spacial score (nSPS) is 24.0. The molecule has 0 aliphatic carbocycles. The third-order valence-electron chi connectivity index (χ3n) is 2.37. The lowest BCUT2D eigenvalue weighted by atomic mass is 10.1. The maximum absolute atomic E-state index is 5.94. The SMILES string of the molecule is CC(Cl)c1nnnn1CC1CCOC1. The van der Waals surface area contributed by atoms with Crippen LogP contribution >= 0.6 is 11.6 Å². The fourth-order valence-corrected chi connectivity index (χ4v) is 1.75. The quantitative estimate of drug-likeness (QED) is 0.708. The van der Waals surface area contributed by atoms with Crippen LogP contribution in [0.1, 0.15) is 24.5 Å². The largest absolute Gasteiger partial charge is 0.381 e. The second-order valence-corrected chi connectivity index (χ2v) is 4.22. The predicted octanol–water partition coefficient (Wildman–Crippen LogP) is 1.01. The first kappa shape index (κ1) is 9.86. The van der Waals surface area contributed by atoms with E-state index in [-0.39, 0.29) is 5.38 Å². The van der Waals surface area contributed by atoms with Gasteiger partial charge in [0.15, 0.2) is 5.82 Å². The van der Waals surface area contributed by atoms with Crippen molar-refractivity contribution in [1.82, 2.24) is 20.2 Å². The first-order valence-electron chi connectivity index (χ1n) is 4.75. The number of hydrogen-bond donors (Lipinski definition) is 0. The predicted molar refractivity (Wildman–Crippen MR) is 51.0 cm³/mol. The topological polar surface area (TPSA) is 52.8 Å². The van der Waals surface area contributed by atoms with Crippen LogP contribution in [0.15, 0.2) is 0 Å². The van der Waals surface area contributed by atoms with Gasteiger partial charge in [0.2, 0.25) is 0 Å². The Balaban J connectivity index is 2.04. The van der Waals surface area contributed by atoms with Gasteiger partial charge in [-0.3, -0.25) is 0 Å². The van der Waals surface area contributed by atoms with Gasteiger partial charge in [-0.05, 0) is 23.8 Å². The summed E-state index contributed by atoms with van der Waals surface area (Å²) < 4.78 is 7.07. The summed E-state index contributed by atoms with van der Waals surface area (Å²) in [6.07, 6.45) is 1.08. The minimum atomic E-state index is -0.146. The third kappa shape index (κ3) is 2.04. The zero-order chi connectivity index (χ0) is 9.97. The second kappa shape index (κ2) is 4.23. The van der Waals surface area contributed by atoms with Gasteiger partial charge in [0.1, 0.15) is 0 Å². The molecule has 0 radical (unpaired) electrons. The number of hydrogen-bond acceptors (Lipinski definition) is 4. The Kier molecular flexibility index (Phi) is 2.98. The molecule has 1 aliphatic rings. The number of tetrazole rings is 1. The van der Waals surface area contributed by atoms with Crippen LogP contribution in [0, 0.1) is 5.92 Å². The van der Waals surface area contributed by atoms with Crippen LogP contribution < -0.4 is 0 Å². The number of halogens is 1. The van der Waals surface area contributed by atoms with Crippen molar-refractivity contribution in [3.63, 3.8) is 0 Å². The molecule has 0 saturated carbocycles. The number of rotatable bonds is 3. The van der Waals surface area contributed by atoms with Gasteiger partial charge in [0, 0.05) is 19.1 Å². The molecule has 78 valence electrons. The summed E-state index contributed by atoms with van der Waals surface area (Å²) in [7, 11) is 0. The van der Waals surface area contributed by atoms with E-state index in [0.717, 1.165) is 32.0 Å². The van der Waals surface area contributed by atoms with Crippen molar-refractivity contribution in [3.8, 4) is 0 Å². The highest BCUT2D eigenvalue weighted by Gasteiger charge is 2.20. The minimum Gasteiger partial charge on any atom is -0.381 e. The summed E-state index contributed by atoms with van der Waals surface area (Å²) >= 11 is 5.94. The fourth-order valence-electron chi connectivity index (χ4n) is 1.60. The van der Waals surface area contributed by atoms with Gasteiger partial charge in [0.05, 0.1) is 12.0 Å². The Morgan fingerprint density at radius 3 is 3.21 bits per heavy atom. The molecule has 2 heterocycles. The van der Waals surface area contributed by atoms with Crippen molar-refractivity contribution in [2.75, 3.05) is 13.2 Å². The Bertz CT molecular complexity index is 295. The summed E-state index contributed by atoms with van der Waals surface area (Å²) in [5, 5.41) is 11.3. The van der Waals surface area contributed by atoms with Crippen LogP contribution in [0.3, 0.4) is 0 Å². The van der Waals surface area contributed by atoms with E-state index in [2.05, 4.69) is 15.5 Å². The van der Waals surface area contributed by atoms with Crippen molar-refractivity contribution in [3.05, 3.63) is 5.82 Å². The first-order chi connectivity index (χ1) is 6.77. The van der Waals surface area contributed by atoms with Crippen LogP contribution in [0.2, 0.25) is 0 Å². The maximum atomic E-state index is 5.94. The number of ether oxygens (including phenoxy) is 1. The van der Waals surface area contributed by atoms with Crippen molar-refractivity contribution < 1.29 is 4.74 Å². The fraction of sp³-hybridized carbons (Fsp3) is 0.875. The zero-order valence-electron chi connectivity index (χ0n) is 8.06. The Morgan fingerprint density at radius 1 is 1.71 bits per heavy atom. The van der Waals surface area contributed by atoms with E-state index in [1.165, 1.54) is 0 Å². The number of nitrogens with zero attached hydrogens (tertiary/aromatic N) is 4. The van der Waals surface area contributed by atoms with Gasteiger partial charge >= 0.3 is 0 Å². The molecule has 0 N–H and O–H groups in total. The first-order valence-corrected chi connectivity index (χ1v) is 5.19. The molecule has 6 heteroatoms. The average Bonchev–Trinajstić information content (AvgIpc) is 2.75. The van der Waals surface area contributed by atoms with E-state index in [9.17, 15) is 0 Å². The van der Waals surface area contributed by atoms with Crippen LogP contribution in [0.25, 0.3) is 0 Å². The molecule has 0 amide bonds. The summed E-state index contributed by atoms with van der Waals surface area (Å²) in [4.78, 5) is 0. The molecule has 0 aromatic carbocycles. The van der Waals surface area contributed by atoms with Gasteiger partial charge < -0.3 is 4.74 Å². The zero-order valence-corrected chi connectivity index (χ0v) is 8.81. The van der Waals surface area contributed by atoms with Crippen molar-refractivity contribution in [2.45, 2.75) is 25.3 Å². The average molecular weight is 217 g/mol. The molecule has 1 aliphatic heterocycles. The summed E-state index contributed by atoms with van der Waals surface area (Å²) in [5.41, 5.74) is 0. The Morgan fingerprint density at radius 2 is 2.57 bits per heavy atom. The highest BCUT2D eigenvalue weighted by atomic mass is 35.5. The van der Waals surface area contributed by atoms with Crippen LogP contribution in [-0.2, 0) is 11.3 Å². The van der Waals surface area contributed by atoms with Gasteiger partial charge in [0.25, 0.3) is 0 Å². The number of alkyl halides is 1. The van der Waals surface area contributed by atoms with Crippen LogP contribution in [0.4, 0.5) is 0 Å². The molecular weight excluding hydrogens is 204 g/mol. The van der Waals surface area contributed by atoms with Gasteiger partial charge in [-0.2, -0.15) is 0 Å². The minimum absolute atomic E-state index is 0.146. The van der Waals surface area contributed by atoms with E-state index in [0.29, 0.717) is 5.92 Å². The van der Waals surface area contributed by atoms with E-state index < -0.39 is 0 Å². The molecular formula is C8H13ClN4O. The van der Waals surface area contributed by atoms with E-state index in [1.807, 2.05) is 6.92 Å². The van der Waals surface area contributed by atoms with Gasteiger partial charge in [-0.25, -0.2) is 4.68 Å². The molecule has 2 atom stereocenters. The lowest BCUT2D eigenvalue weighted by Gasteiger charge is -2.09. The molecule has 2 unspecified atom stereocenters. The molecule has 1 saturated heterocycles. The van der Waals surface area contributed by atoms with Gasteiger partial charge in [-0.15, -0.1) is 16.7 Å². The summed E-state index contributed by atoms with van der Waals surface area (Å²) in [5.74, 6) is 1.26. The third-order valence-corrected chi connectivity index (χ3v) is 2.57. The van der Waals surface area contributed by atoms with E-state index in [4.69, 9.17) is 16.3 Å². The molecule has 0 bridgehead atoms. The molecule has 1 fully saturated rings. The molecule has 1 aromatic heterocycles. The lowest BCUT2D eigenvalue weighted by molar-refractivity contribution is 0.181. The van der Waals surface area contributed by atoms with E-state index >= 15 is 0 Å². The Labute approximate surface area is 87.4 Å². The standard InChI is InChI=1S/C8H13ClN4O/c1-6(9)8-10-11-12-13(8)4-7-2-3-14-5-7/h6-7H,2-5H2,1H3. The summed E-state index contributed by atoms with van der Waals surface area (Å²) in [6.45, 7) is 4.32. The summed E-state index contributed by atoms with van der Waals surface area (Å²) in [6, 6.07) is 0. The Hall–Kier alpha value is -0.680. The lowest BCUT2D eigenvalue weighted by Crippen LogP contribution is -2.15. The van der Waals surface area contributed by atoms with Gasteiger partial charge in [-0.1, -0.05) is 0 Å².